The van der Waals surface area contributed by atoms with Crippen molar-refractivity contribution < 1.29 is 13.2 Å². The summed E-state index contributed by atoms with van der Waals surface area (Å²) in [6, 6.07) is 7.87. The van der Waals surface area contributed by atoms with E-state index in [1.54, 1.807) is 0 Å². The summed E-state index contributed by atoms with van der Waals surface area (Å²) >= 11 is 0. The molecule has 0 spiro atoms. The molecule has 1 saturated heterocycles. The zero-order chi connectivity index (χ0) is 22.8. The number of carbonyl (C=O) groups excluding carboxylic acids is 1. The quantitative estimate of drug-likeness (QED) is 0.708. The maximum Gasteiger partial charge on any atom is 0.285 e. The summed E-state index contributed by atoms with van der Waals surface area (Å²) in [7, 11) is -3.71. The van der Waals surface area contributed by atoms with Crippen LogP contribution in [-0.2, 0) is 14.8 Å². The third-order valence-electron chi connectivity index (χ3n) is 6.29. The summed E-state index contributed by atoms with van der Waals surface area (Å²) in [6.45, 7) is 11.5. The molecule has 1 fully saturated rings. The predicted octanol–water partition coefficient (Wildman–Crippen LogP) is 4.30. The number of nitrogens with one attached hydrogen (secondary N) is 1. The Morgan fingerprint density at radius 2 is 1.77 bits per heavy atom. The highest BCUT2D eigenvalue weighted by Crippen LogP contribution is 2.34. The largest absolute Gasteiger partial charge is 0.356 e. The number of piperidine rings is 1. The number of carbonyl (C=O) groups is 1. The van der Waals surface area contributed by atoms with Gasteiger partial charge in [0.05, 0.1) is 0 Å². The second kappa shape index (κ2) is 9.55. The van der Waals surface area contributed by atoms with Gasteiger partial charge in [-0.1, -0.05) is 58.4 Å². The molecule has 0 aliphatic carbocycles. The third kappa shape index (κ3) is 5.20. The molecule has 2 aliphatic rings. The number of benzene rings is 1. The van der Waals surface area contributed by atoms with Crippen LogP contribution in [0.2, 0.25) is 0 Å². The van der Waals surface area contributed by atoms with Gasteiger partial charge in [0.15, 0.2) is 0 Å². The average Bonchev–Trinajstić information content (AvgIpc) is 2.97. The summed E-state index contributed by atoms with van der Waals surface area (Å²) in [5.74, 6) is 1.08. The number of amides is 1. The lowest BCUT2D eigenvalue weighted by atomic mass is 9.99. The molecule has 0 aromatic heterocycles. The van der Waals surface area contributed by atoms with Crippen molar-refractivity contribution in [3.05, 3.63) is 41.0 Å². The maximum atomic E-state index is 12.9. The lowest BCUT2D eigenvalue weighted by molar-refractivity contribution is -0.125. The second-order valence-corrected chi connectivity index (χ2v) is 10.6. The van der Waals surface area contributed by atoms with E-state index in [-0.39, 0.29) is 17.9 Å². The van der Waals surface area contributed by atoms with Crippen LogP contribution >= 0.6 is 0 Å². The second-order valence-electron chi connectivity index (χ2n) is 9.08. The van der Waals surface area contributed by atoms with E-state index in [1.165, 1.54) is 5.56 Å². The molecule has 6 nitrogen and oxygen atoms in total. The van der Waals surface area contributed by atoms with Gasteiger partial charge in [0.2, 0.25) is 5.91 Å². The topological polar surface area (TPSA) is 78.8 Å². The molecule has 1 N–H and O–H groups in total. The summed E-state index contributed by atoms with van der Waals surface area (Å²) in [6.07, 6.45) is 3.46. The molecule has 1 aromatic carbocycles. The van der Waals surface area contributed by atoms with Gasteiger partial charge in [-0.15, -0.1) is 4.40 Å². The first-order chi connectivity index (χ1) is 14.6. The minimum Gasteiger partial charge on any atom is -0.356 e. The van der Waals surface area contributed by atoms with Crippen molar-refractivity contribution in [2.24, 2.45) is 10.3 Å². The van der Waals surface area contributed by atoms with Crippen molar-refractivity contribution in [3.8, 4) is 0 Å². The molecule has 1 atom stereocenters. The molecule has 0 saturated carbocycles. The minimum atomic E-state index is -3.71. The van der Waals surface area contributed by atoms with Crippen LogP contribution in [0.4, 0.5) is 0 Å². The Labute approximate surface area is 186 Å². The van der Waals surface area contributed by atoms with Crippen molar-refractivity contribution >= 4 is 26.7 Å². The number of hydrogen-bond donors (Lipinski definition) is 1. The van der Waals surface area contributed by atoms with Crippen LogP contribution in [-0.4, -0.2) is 44.2 Å². The fourth-order valence-corrected chi connectivity index (χ4v) is 5.83. The Bertz CT molecular complexity index is 970. The van der Waals surface area contributed by atoms with Gasteiger partial charge >= 0.3 is 0 Å². The minimum absolute atomic E-state index is 0.0298. The Kier molecular flexibility index (Phi) is 7.24. The molecule has 2 heterocycles. The normalized spacial score (nSPS) is 20.2. The predicted molar refractivity (Wildman–Crippen MR) is 126 cm³/mol. The maximum absolute atomic E-state index is 12.9. The number of likely N-dealkylation sites (tertiary alicyclic amines) is 1. The van der Waals surface area contributed by atoms with E-state index in [9.17, 15) is 13.2 Å². The van der Waals surface area contributed by atoms with Crippen molar-refractivity contribution in [2.75, 3.05) is 13.1 Å². The first-order valence-electron chi connectivity index (χ1n) is 11.4. The van der Waals surface area contributed by atoms with Gasteiger partial charge < -0.3 is 10.2 Å². The Hall–Kier alpha value is -2.15. The highest BCUT2D eigenvalue weighted by atomic mass is 32.2. The van der Waals surface area contributed by atoms with Crippen LogP contribution < -0.4 is 5.32 Å². The van der Waals surface area contributed by atoms with E-state index in [4.69, 9.17) is 0 Å². The molecule has 1 amide bonds. The summed E-state index contributed by atoms with van der Waals surface area (Å²) in [5, 5.41) is 3.16. The number of nitrogens with zero attached hydrogens (tertiary/aromatic N) is 2. The number of rotatable bonds is 6. The summed E-state index contributed by atoms with van der Waals surface area (Å²) < 4.78 is 29.9. The van der Waals surface area contributed by atoms with Crippen LogP contribution in [0.25, 0.3) is 4.91 Å². The smallest absolute Gasteiger partial charge is 0.285 e. The highest BCUT2D eigenvalue weighted by molar-refractivity contribution is 8.00. The Balaban J connectivity index is 1.70. The van der Waals surface area contributed by atoms with Crippen LogP contribution in [0.5, 0.6) is 0 Å². The molecule has 31 heavy (non-hydrogen) atoms. The van der Waals surface area contributed by atoms with E-state index in [1.807, 2.05) is 43.0 Å². The van der Waals surface area contributed by atoms with Gasteiger partial charge in [-0.25, -0.2) is 0 Å². The van der Waals surface area contributed by atoms with Crippen LogP contribution in [0.15, 0.2) is 34.2 Å². The van der Waals surface area contributed by atoms with Gasteiger partial charge in [0, 0.05) is 30.6 Å². The third-order valence-corrected chi connectivity index (χ3v) is 7.76. The fraction of sp³-hybridized carbons (Fsp3) is 0.583. The first-order valence-corrected chi connectivity index (χ1v) is 12.8. The van der Waals surface area contributed by atoms with E-state index in [0.29, 0.717) is 40.9 Å². The molecule has 2 aliphatic heterocycles. The van der Waals surface area contributed by atoms with Crippen molar-refractivity contribution in [1.82, 2.24) is 10.2 Å². The van der Waals surface area contributed by atoms with Crippen molar-refractivity contribution in [1.29, 1.82) is 0 Å². The molecule has 7 heteroatoms. The lowest BCUT2D eigenvalue weighted by Crippen LogP contribution is -2.47. The van der Waals surface area contributed by atoms with Crippen molar-refractivity contribution in [2.45, 2.75) is 72.3 Å². The van der Waals surface area contributed by atoms with Crippen molar-refractivity contribution in [3.63, 3.8) is 0 Å². The lowest BCUT2D eigenvalue weighted by Gasteiger charge is -2.34. The van der Waals surface area contributed by atoms with Gasteiger partial charge in [0.1, 0.15) is 10.7 Å². The standard InChI is InChI=1S/C24H35N3O3S/c1-6-7-17(4)24(28)25-21-12-14-27(15-13-21)23-18(5)22(31(29,30)26-23)20-10-8-19(9-11-20)16(2)3/h8-11,16-17,21H,6-7,12-15H2,1-5H3,(H,25,28)/t17-/m0/s1. The van der Waals surface area contributed by atoms with Crippen LogP contribution in [0.3, 0.4) is 0 Å². The van der Waals surface area contributed by atoms with Crippen LogP contribution in [0, 0.1) is 5.92 Å². The molecule has 3 rings (SSSR count). The summed E-state index contributed by atoms with van der Waals surface area (Å²) in [4.78, 5) is 14.7. The molecular weight excluding hydrogens is 410 g/mol. The first kappa shape index (κ1) is 23.5. The Morgan fingerprint density at radius 1 is 1.16 bits per heavy atom. The zero-order valence-electron chi connectivity index (χ0n) is 19.3. The van der Waals surface area contributed by atoms with Gasteiger partial charge in [-0.3, -0.25) is 4.79 Å². The average molecular weight is 446 g/mol. The SMILES string of the molecule is CCC[C@H](C)C(=O)NC1CCN(C2=NS(=O)(=O)C(c3ccc(C(C)C)cc3)=C2C)CC1. The fourth-order valence-electron chi connectivity index (χ4n) is 4.35. The van der Waals surface area contributed by atoms with Gasteiger partial charge in [-0.2, -0.15) is 8.42 Å². The number of sulfonamides is 1. The number of hydrogen-bond acceptors (Lipinski definition) is 4. The Morgan fingerprint density at radius 3 is 2.32 bits per heavy atom. The van der Waals surface area contributed by atoms with E-state index < -0.39 is 10.0 Å². The molecule has 0 radical (unpaired) electrons. The molecule has 0 unspecified atom stereocenters. The van der Waals surface area contributed by atoms with E-state index >= 15 is 0 Å². The monoisotopic (exact) mass is 445 g/mol. The highest BCUT2D eigenvalue weighted by Gasteiger charge is 2.35. The van der Waals surface area contributed by atoms with E-state index in [2.05, 4.69) is 30.5 Å². The van der Waals surface area contributed by atoms with Gasteiger partial charge in [-0.05, 0) is 43.2 Å². The molecule has 170 valence electrons. The van der Waals surface area contributed by atoms with E-state index in [0.717, 1.165) is 25.7 Å². The molecule has 0 bridgehead atoms. The van der Waals surface area contributed by atoms with Crippen LogP contribution in [0.1, 0.15) is 77.3 Å². The molecule has 1 aromatic rings. The molecular formula is C24H35N3O3S. The van der Waals surface area contributed by atoms with Gasteiger partial charge in [0.25, 0.3) is 10.0 Å². The summed E-state index contributed by atoms with van der Waals surface area (Å²) in [5.41, 5.74) is 2.57. The zero-order valence-corrected chi connectivity index (χ0v) is 20.1. The number of amidine groups is 1.